The van der Waals surface area contributed by atoms with E-state index in [9.17, 15) is 0 Å². The normalized spacial score (nSPS) is 33.0. The summed E-state index contributed by atoms with van der Waals surface area (Å²) in [5.74, 6) is 3.50. The first-order chi connectivity index (χ1) is 7.29. The molecule has 0 saturated heterocycles. The molecule has 15 heavy (non-hydrogen) atoms. The van der Waals surface area contributed by atoms with E-state index in [4.69, 9.17) is 5.73 Å². The quantitative estimate of drug-likeness (QED) is 0.796. The van der Waals surface area contributed by atoms with Crippen LogP contribution in [-0.2, 0) is 6.42 Å². The Bertz CT molecular complexity index is 359. The average molecular weight is 205 g/mol. The summed E-state index contributed by atoms with van der Waals surface area (Å²) in [5, 5.41) is 7.34. The van der Waals surface area contributed by atoms with Crippen LogP contribution >= 0.6 is 0 Å². The van der Waals surface area contributed by atoms with E-state index in [0.717, 1.165) is 36.4 Å². The number of aromatic amines is 1. The number of anilines is 1. The van der Waals surface area contributed by atoms with Crippen molar-refractivity contribution in [3.63, 3.8) is 0 Å². The summed E-state index contributed by atoms with van der Waals surface area (Å²) in [6, 6.07) is 0. The van der Waals surface area contributed by atoms with Gasteiger partial charge in [-0.1, -0.05) is 13.3 Å². The summed E-state index contributed by atoms with van der Waals surface area (Å²) in [5.41, 5.74) is 8.54. The van der Waals surface area contributed by atoms with Crippen LogP contribution in [0.5, 0.6) is 0 Å². The zero-order valence-electron chi connectivity index (χ0n) is 9.29. The van der Waals surface area contributed by atoms with Gasteiger partial charge in [0.1, 0.15) is 5.82 Å². The maximum atomic E-state index is 5.90. The number of H-pyrrole nitrogens is 1. The number of nitrogens with one attached hydrogen (secondary N) is 1. The minimum absolute atomic E-state index is 0.722. The summed E-state index contributed by atoms with van der Waals surface area (Å²) in [6.07, 6.45) is 6.43. The van der Waals surface area contributed by atoms with Crippen molar-refractivity contribution >= 4 is 5.82 Å². The van der Waals surface area contributed by atoms with Crippen LogP contribution in [0.25, 0.3) is 0 Å². The Morgan fingerprint density at radius 2 is 2.07 bits per heavy atom. The monoisotopic (exact) mass is 205 g/mol. The molecule has 1 heterocycles. The Kier molecular flexibility index (Phi) is 2.01. The lowest BCUT2D eigenvalue weighted by Crippen LogP contribution is -2.01. The fourth-order valence-corrected chi connectivity index (χ4v) is 3.19. The second-order valence-electron chi connectivity index (χ2n) is 5.18. The van der Waals surface area contributed by atoms with Crippen molar-refractivity contribution in [1.29, 1.82) is 0 Å². The lowest BCUT2D eigenvalue weighted by atomic mass is 9.94. The first-order valence-electron chi connectivity index (χ1n) is 6.12. The summed E-state index contributed by atoms with van der Waals surface area (Å²) in [4.78, 5) is 0. The SMILES string of the molecule is CCCc1c(N)n[nH]c1C1CC2CC2C1. The second-order valence-corrected chi connectivity index (χ2v) is 5.18. The molecule has 2 unspecified atom stereocenters. The Hall–Kier alpha value is -0.990. The molecule has 2 aliphatic carbocycles. The van der Waals surface area contributed by atoms with Crippen LogP contribution in [0, 0.1) is 11.8 Å². The summed E-state index contributed by atoms with van der Waals surface area (Å²) >= 11 is 0. The number of hydrogen-bond donors (Lipinski definition) is 2. The van der Waals surface area contributed by atoms with Gasteiger partial charge >= 0.3 is 0 Å². The van der Waals surface area contributed by atoms with Gasteiger partial charge in [0, 0.05) is 17.2 Å². The van der Waals surface area contributed by atoms with Gasteiger partial charge in [-0.15, -0.1) is 0 Å². The van der Waals surface area contributed by atoms with E-state index in [0.29, 0.717) is 0 Å². The molecule has 2 saturated carbocycles. The van der Waals surface area contributed by atoms with Crippen LogP contribution in [0.1, 0.15) is 49.8 Å². The van der Waals surface area contributed by atoms with Gasteiger partial charge in [-0.05, 0) is 37.5 Å². The maximum absolute atomic E-state index is 5.90. The number of nitrogen functional groups attached to an aromatic ring is 1. The second kappa shape index (κ2) is 3.26. The Balaban J connectivity index is 1.84. The molecule has 2 aliphatic rings. The minimum atomic E-state index is 0.722. The number of fused-ring (bicyclic) bond motifs is 1. The van der Waals surface area contributed by atoms with Gasteiger partial charge in [0.05, 0.1) is 0 Å². The highest BCUT2D eigenvalue weighted by Gasteiger charge is 2.47. The van der Waals surface area contributed by atoms with Crippen molar-refractivity contribution < 1.29 is 0 Å². The molecule has 3 N–H and O–H groups in total. The fourth-order valence-electron chi connectivity index (χ4n) is 3.19. The zero-order valence-corrected chi connectivity index (χ0v) is 9.29. The maximum Gasteiger partial charge on any atom is 0.148 e. The van der Waals surface area contributed by atoms with Gasteiger partial charge in [0.25, 0.3) is 0 Å². The first kappa shape index (κ1) is 9.25. The topological polar surface area (TPSA) is 54.7 Å². The van der Waals surface area contributed by atoms with Crippen LogP contribution in [0.2, 0.25) is 0 Å². The Morgan fingerprint density at radius 3 is 2.73 bits per heavy atom. The molecule has 3 rings (SSSR count). The molecule has 1 aromatic rings. The number of aromatic nitrogens is 2. The minimum Gasteiger partial charge on any atom is -0.382 e. The molecule has 2 atom stereocenters. The zero-order chi connectivity index (χ0) is 10.4. The largest absolute Gasteiger partial charge is 0.382 e. The molecular weight excluding hydrogens is 186 g/mol. The van der Waals surface area contributed by atoms with Gasteiger partial charge in [0.2, 0.25) is 0 Å². The molecule has 82 valence electrons. The standard InChI is InChI=1S/C12H19N3/c1-2-3-10-11(14-15-12(10)13)9-5-7-4-8(7)6-9/h7-9H,2-6H2,1H3,(H3,13,14,15). The van der Waals surface area contributed by atoms with E-state index in [1.54, 1.807) is 0 Å². The smallest absolute Gasteiger partial charge is 0.148 e. The van der Waals surface area contributed by atoms with Crippen LogP contribution in [0.4, 0.5) is 5.82 Å². The van der Waals surface area contributed by atoms with E-state index in [2.05, 4.69) is 17.1 Å². The van der Waals surface area contributed by atoms with E-state index in [-0.39, 0.29) is 0 Å². The third-order valence-electron chi connectivity index (χ3n) is 4.08. The molecule has 0 aliphatic heterocycles. The van der Waals surface area contributed by atoms with E-state index >= 15 is 0 Å². The number of rotatable bonds is 3. The predicted molar refractivity (Wildman–Crippen MR) is 60.6 cm³/mol. The van der Waals surface area contributed by atoms with Crippen molar-refractivity contribution in [1.82, 2.24) is 10.2 Å². The van der Waals surface area contributed by atoms with Gasteiger partial charge in [-0.2, -0.15) is 5.10 Å². The van der Waals surface area contributed by atoms with Crippen molar-refractivity contribution in [2.75, 3.05) is 5.73 Å². The molecule has 0 aromatic carbocycles. The average Bonchev–Trinajstić information content (AvgIpc) is 2.68. The van der Waals surface area contributed by atoms with Gasteiger partial charge in [0.15, 0.2) is 0 Å². The Labute approximate surface area is 90.4 Å². The highest BCUT2D eigenvalue weighted by molar-refractivity contribution is 5.44. The van der Waals surface area contributed by atoms with E-state index in [1.807, 2.05) is 0 Å². The van der Waals surface area contributed by atoms with Crippen LogP contribution in [0.15, 0.2) is 0 Å². The molecule has 3 heteroatoms. The molecule has 1 aromatic heterocycles. The van der Waals surface area contributed by atoms with E-state index < -0.39 is 0 Å². The summed E-state index contributed by atoms with van der Waals surface area (Å²) < 4.78 is 0. The first-order valence-corrected chi connectivity index (χ1v) is 6.12. The Morgan fingerprint density at radius 1 is 1.33 bits per heavy atom. The number of nitrogens with two attached hydrogens (primary N) is 1. The lowest BCUT2D eigenvalue weighted by Gasteiger charge is -2.11. The molecular formula is C12H19N3. The number of nitrogens with zero attached hydrogens (tertiary/aromatic N) is 1. The van der Waals surface area contributed by atoms with Crippen molar-refractivity contribution in [3.8, 4) is 0 Å². The molecule has 2 fully saturated rings. The lowest BCUT2D eigenvalue weighted by molar-refractivity contribution is 0.600. The molecule has 0 bridgehead atoms. The summed E-state index contributed by atoms with van der Waals surface area (Å²) in [6.45, 7) is 2.20. The third kappa shape index (κ3) is 1.45. The van der Waals surface area contributed by atoms with Crippen molar-refractivity contribution in [2.45, 2.75) is 44.9 Å². The van der Waals surface area contributed by atoms with E-state index in [1.165, 1.54) is 30.5 Å². The highest BCUT2D eigenvalue weighted by atomic mass is 15.2. The summed E-state index contributed by atoms with van der Waals surface area (Å²) in [7, 11) is 0. The van der Waals surface area contributed by atoms with Gasteiger partial charge < -0.3 is 5.73 Å². The van der Waals surface area contributed by atoms with Gasteiger partial charge in [-0.25, -0.2) is 0 Å². The third-order valence-corrected chi connectivity index (χ3v) is 4.08. The number of hydrogen-bond acceptors (Lipinski definition) is 2. The van der Waals surface area contributed by atoms with Crippen LogP contribution in [-0.4, -0.2) is 10.2 Å². The molecule has 3 nitrogen and oxygen atoms in total. The van der Waals surface area contributed by atoms with Crippen molar-refractivity contribution in [2.24, 2.45) is 11.8 Å². The molecule has 0 spiro atoms. The van der Waals surface area contributed by atoms with Crippen molar-refractivity contribution in [3.05, 3.63) is 11.3 Å². The molecule has 0 amide bonds. The van der Waals surface area contributed by atoms with Crippen LogP contribution in [0.3, 0.4) is 0 Å². The predicted octanol–water partition coefficient (Wildman–Crippen LogP) is 2.46. The van der Waals surface area contributed by atoms with Crippen LogP contribution < -0.4 is 5.73 Å². The molecule has 0 radical (unpaired) electrons. The fraction of sp³-hybridized carbons (Fsp3) is 0.750. The van der Waals surface area contributed by atoms with Gasteiger partial charge in [-0.3, -0.25) is 5.10 Å². The highest BCUT2D eigenvalue weighted by Crippen LogP contribution is 2.57.